The largest absolute Gasteiger partial charge is 0.497 e. The number of amides is 1. The summed E-state index contributed by atoms with van der Waals surface area (Å²) in [7, 11) is 1.59. The Balaban J connectivity index is 1.87. The van der Waals surface area contributed by atoms with Crippen LogP contribution in [0.15, 0.2) is 29.4 Å². The predicted molar refractivity (Wildman–Crippen MR) is 81.1 cm³/mol. The number of hydrogen-bond donors (Lipinski definition) is 2. The number of piperidine rings is 1. The Kier molecular flexibility index (Phi) is 5.16. The highest BCUT2D eigenvalue weighted by atomic mass is 16.5. The molecule has 0 bridgehead atoms. The van der Waals surface area contributed by atoms with Gasteiger partial charge in [0.15, 0.2) is 0 Å². The summed E-state index contributed by atoms with van der Waals surface area (Å²) in [5, 5.41) is 15.0. The third-order valence-corrected chi connectivity index (χ3v) is 3.63. The van der Waals surface area contributed by atoms with Gasteiger partial charge in [-0.3, -0.25) is 9.69 Å². The number of nitrogens with one attached hydrogen (secondary N) is 1. The van der Waals surface area contributed by atoms with Gasteiger partial charge >= 0.3 is 0 Å². The predicted octanol–water partition coefficient (Wildman–Crippen LogP) is 1.81. The van der Waals surface area contributed by atoms with Crippen molar-refractivity contribution < 1.29 is 14.7 Å². The molecule has 0 radical (unpaired) electrons. The molecular formula is C15H21N3O3. The zero-order valence-corrected chi connectivity index (χ0v) is 12.4. The lowest BCUT2D eigenvalue weighted by Gasteiger charge is -2.30. The molecule has 1 amide bonds. The van der Waals surface area contributed by atoms with Gasteiger partial charge in [-0.2, -0.15) is 0 Å². The first-order valence-electron chi connectivity index (χ1n) is 6.99. The molecule has 0 saturated carbocycles. The van der Waals surface area contributed by atoms with Gasteiger partial charge in [-0.1, -0.05) is 18.1 Å². The molecule has 21 heavy (non-hydrogen) atoms. The molecule has 1 aliphatic heterocycles. The molecule has 1 heterocycles. The lowest BCUT2D eigenvalue weighted by atomic mass is 9.98. The van der Waals surface area contributed by atoms with E-state index in [1.807, 2.05) is 25.1 Å². The molecule has 1 atom stereocenters. The van der Waals surface area contributed by atoms with Crippen molar-refractivity contribution in [2.75, 3.05) is 32.1 Å². The number of hydrogen-bond acceptors (Lipinski definition) is 5. The highest BCUT2D eigenvalue weighted by Gasteiger charge is 2.23. The van der Waals surface area contributed by atoms with E-state index in [0.29, 0.717) is 18.7 Å². The quantitative estimate of drug-likeness (QED) is 0.655. The maximum Gasteiger partial charge on any atom is 0.238 e. The van der Waals surface area contributed by atoms with Crippen molar-refractivity contribution in [2.24, 2.45) is 11.1 Å². The van der Waals surface area contributed by atoms with E-state index >= 15 is 0 Å². The molecule has 0 aliphatic carbocycles. The minimum absolute atomic E-state index is 0.0557. The summed E-state index contributed by atoms with van der Waals surface area (Å²) in [5.74, 6) is 0.830. The molecule has 1 aromatic rings. The summed E-state index contributed by atoms with van der Waals surface area (Å²) < 4.78 is 5.13. The highest BCUT2D eigenvalue weighted by Crippen LogP contribution is 2.17. The lowest BCUT2D eigenvalue weighted by Crippen LogP contribution is -2.43. The third-order valence-electron chi connectivity index (χ3n) is 3.63. The molecule has 2 rings (SSSR count). The van der Waals surface area contributed by atoms with Gasteiger partial charge < -0.3 is 15.3 Å². The molecule has 0 spiro atoms. The van der Waals surface area contributed by atoms with Crippen molar-refractivity contribution in [3.05, 3.63) is 24.3 Å². The summed E-state index contributed by atoms with van der Waals surface area (Å²) in [6, 6.07) is 7.28. The number of rotatable bonds is 4. The molecule has 6 heteroatoms. The number of ether oxygens (including phenoxy) is 1. The summed E-state index contributed by atoms with van der Waals surface area (Å²) in [6.07, 6.45) is 0.699. The van der Waals surface area contributed by atoms with Crippen molar-refractivity contribution >= 4 is 17.3 Å². The monoisotopic (exact) mass is 291 g/mol. The molecule has 2 N–H and O–H groups in total. The maximum atomic E-state index is 12.1. The third kappa shape index (κ3) is 4.19. The number of nitrogens with zero attached hydrogens (tertiary/aromatic N) is 2. The minimum Gasteiger partial charge on any atom is -0.497 e. The fourth-order valence-electron chi connectivity index (χ4n) is 2.50. The van der Waals surface area contributed by atoms with E-state index in [0.717, 1.165) is 24.5 Å². The molecule has 0 aromatic heterocycles. The van der Waals surface area contributed by atoms with E-state index in [-0.39, 0.29) is 11.8 Å². The van der Waals surface area contributed by atoms with Crippen LogP contribution in [0.4, 0.5) is 5.69 Å². The smallest absolute Gasteiger partial charge is 0.238 e. The van der Waals surface area contributed by atoms with Crippen LogP contribution in [0.3, 0.4) is 0 Å². The second kappa shape index (κ2) is 7.08. The fourth-order valence-corrected chi connectivity index (χ4v) is 2.50. The first-order valence-corrected chi connectivity index (χ1v) is 6.99. The Labute approximate surface area is 124 Å². The van der Waals surface area contributed by atoms with Gasteiger partial charge in [0.1, 0.15) is 5.75 Å². The topological polar surface area (TPSA) is 74.2 Å². The van der Waals surface area contributed by atoms with E-state index in [1.165, 1.54) is 0 Å². The van der Waals surface area contributed by atoms with Crippen molar-refractivity contribution in [2.45, 2.75) is 13.3 Å². The summed E-state index contributed by atoms with van der Waals surface area (Å²) >= 11 is 0. The van der Waals surface area contributed by atoms with Crippen LogP contribution in [0, 0.1) is 5.92 Å². The van der Waals surface area contributed by atoms with Crippen LogP contribution in [-0.2, 0) is 4.79 Å². The van der Waals surface area contributed by atoms with Crippen LogP contribution >= 0.6 is 0 Å². The van der Waals surface area contributed by atoms with Crippen LogP contribution in [-0.4, -0.2) is 48.5 Å². The fraction of sp³-hybridized carbons (Fsp3) is 0.467. The van der Waals surface area contributed by atoms with Crippen LogP contribution in [0.1, 0.15) is 13.3 Å². The van der Waals surface area contributed by atoms with Crippen LogP contribution < -0.4 is 10.1 Å². The second-order valence-electron chi connectivity index (χ2n) is 5.26. The Morgan fingerprint density at radius 2 is 2.38 bits per heavy atom. The Hall–Kier alpha value is -2.08. The summed E-state index contributed by atoms with van der Waals surface area (Å²) in [6.45, 7) is 3.79. The molecule has 1 fully saturated rings. The number of oxime groups is 1. The summed E-state index contributed by atoms with van der Waals surface area (Å²) in [4.78, 5) is 14.1. The standard InChI is InChI=1S/C15H21N3O3/c1-11-9-18(7-6-14(11)17-20)10-15(19)16-12-4-3-5-13(8-12)21-2/h3-5,8,11,20H,6-7,9-10H2,1-2H3,(H,16,19)/b17-14-. The van der Waals surface area contributed by atoms with Gasteiger partial charge in [0.25, 0.3) is 0 Å². The number of anilines is 1. The normalized spacial score (nSPS) is 21.2. The maximum absolute atomic E-state index is 12.1. The van der Waals surface area contributed by atoms with Crippen LogP contribution in [0.2, 0.25) is 0 Å². The van der Waals surface area contributed by atoms with E-state index in [2.05, 4.69) is 15.4 Å². The number of carbonyl (C=O) groups excluding carboxylic acids is 1. The van der Waals surface area contributed by atoms with Gasteiger partial charge in [0.2, 0.25) is 5.91 Å². The lowest BCUT2D eigenvalue weighted by molar-refractivity contribution is -0.117. The zero-order valence-electron chi connectivity index (χ0n) is 12.4. The second-order valence-corrected chi connectivity index (χ2v) is 5.26. The molecule has 1 unspecified atom stereocenters. The Bertz CT molecular complexity index is 531. The van der Waals surface area contributed by atoms with Gasteiger partial charge in [-0.05, 0) is 12.1 Å². The number of methoxy groups -OCH3 is 1. The first-order chi connectivity index (χ1) is 10.1. The molecule has 1 aromatic carbocycles. The average molecular weight is 291 g/mol. The van der Waals surface area contributed by atoms with Gasteiger partial charge in [-0.25, -0.2) is 0 Å². The van der Waals surface area contributed by atoms with E-state index < -0.39 is 0 Å². The van der Waals surface area contributed by atoms with Crippen LogP contribution in [0.25, 0.3) is 0 Å². The highest BCUT2D eigenvalue weighted by molar-refractivity contribution is 5.93. The van der Waals surface area contributed by atoms with Crippen LogP contribution in [0.5, 0.6) is 5.75 Å². The van der Waals surface area contributed by atoms with E-state index in [9.17, 15) is 4.79 Å². The SMILES string of the molecule is COc1cccc(NC(=O)CN2CC/C(=N/O)C(C)C2)c1. The Morgan fingerprint density at radius 1 is 1.57 bits per heavy atom. The number of benzene rings is 1. The first kappa shape index (κ1) is 15.3. The molecule has 114 valence electrons. The molecule has 1 saturated heterocycles. The minimum atomic E-state index is -0.0557. The average Bonchev–Trinajstić information content (AvgIpc) is 2.47. The molecule has 6 nitrogen and oxygen atoms in total. The van der Waals surface area contributed by atoms with Gasteiger partial charge in [0.05, 0.1) is 19.4 Å². The number of likely N-dealkylation sites (tertiary alicyclic amines) is 1. The van der Waals surface area contributed by atoms with Gasteiger partial charge in [-0.15, -0.1) is 0 Å². The summed E-state index contributed by atoms with van der Waals surface area (Å²) in [5.41, 5.74) is 1.53. The van der Waals surface area contributed by atoms with E-state index in [4.69, 9.17) is 9.94 Å². The number of carbonyl (C=O) groups is 1. The van der Waals surface area contributed by atoms with Gasteiger partial charge in [0, 0.05) is 37.2 Å². The van der Waals surface area contributed by atoms with Crippen molar-refractivity contribution in [1.82, 2.24) is 4.90 Å². The van der Waals surface area contributed by atoms with E-state index in [1.54, 1.807) is 13.2 Å². The van der Waals surface area contributed by atoms with Crippen molar-refractivity contribution in [3.8, 4) is 5.75 Å². The van der Waals surface area contributed by atoms with Crippen molar-refractivity contribution in [3.63, 3.8) is 0 Å². The zero-order chi connectivity index (χ0) is 15.2. The Morgan fingerprint density at radius 3 is 3.05 bits per heavy atom. The molecular weight excluding hydrogens is 270 g/mol. The van der Waals surface area contributed by atoms with Crippen molar-refractivity contribution in [1.29, 1.82) is 0 Å². The molecule has 1 aliphatic rings.